The summed E-state index contributed by atoms with van der Waals surface area (Å²) in [5.74, 6) is 1.44. The van der Waals surface area contributed by atoms with Crippen LogP contribution in [0.4, 0.5) is 0 Å². The molecule has 68 valence electrons. The molecule has 0 aromatic heterocycles. The van der Waals surface area contributed by atoms with E-state index in [1.54, 1.807) is 0 Å². The Morgan fingerprint density at radius 3 is 2.67 bits per heavy atom. The zero-order valence-electron chi connectivity index (χ0n) is 7.83. The average Bonchev–Trinajstić information content (AvgIpc) is 2.75. The van der Waals surface area contributed by atoms with Crippen LogP contribution in [0.1, 0.15) is 26.7 Å². The topological polar surface area (TPSA) is 41.6 Å². The molecule has 1 fully saturated rings. The summed E-state index contributed by atoms with van der Waals surface area (Å²) in [7, 11) is 0. The minimum atomic E-state index is 0.567. The summed E-state index contributed by atoms with van der Waals surface area (Å²) >= 11 is 0. The van der Waals surface area contributed by atoms with Crippen LogP contribution in [-0.4, -0.2) is 29.5 Å². The van der Waals surface area contributed by atoms with E-state index in [1.165, 1.54) is 12.8 Å². The van der Waals surface area contributed by atoms with Crippen LogP contribution in [0.15, 0.2) is 4.99 Å². The lowest BCUT2D eigenvalue weighted by Gasteiger charge is -2.28. The Balaban J connectivity index is 2.08. The van der Waals surface area contributed by atoms with Crippen LogP contribution >= 0.6 is 0 Å². The maximum absolute atomic E-state index is 5.82. The number of rotatable bonds is 2. The quantitative estimate of drug-likeness (QED) is 0.661. The Labute approximate surface area is 73.6 Å². The molecule has 12 heavy (non-hydrogen) atoms. The number of nitrogens with zero attached hydrogens (tertiary/aromatic N) is 2. The molecule has 3 heteroatoms. The van der Waals surface area contributed by atoms with E-state index in [4.69, 9.17) is 5.73 Å². The third kappa shape index (κ3) is 1.17. The molecule has 0 radical (unpaired) electrons. The minimum Gasteiger partial charge on any atom is -0.370 e. The number of hydrogen-bond acceptors (Lipinski definition) is 3. The van der Waals surface area contributed by atoms with Gasteiger partial charge in [-0.15, -0.1) is 0 Å². The van der Waals surface area contributed by atoms with Crippen LogP contribution in [0.3, 0.4) is 0 Å². The van der Waals surface area contributed by atoms with Crippen LogP contribution in [0.25, 0.3) is 0 Å². The van der Waals surface area contributed by atoms with Crippen LogP contribution in [0, 0.1) is 5.92 Å². The van der Waals surface area contributed by atoms with Crippen molar-refractivity contribution >= 4 is 5.96 Å². The fourth-order valence-electron chi connectivity index (χ4n) is 1.87. The highest BCUT2D eigenvalue weighted by Crippen LogP contribution is 2.32. The second kappa shape index (κ2) is 2.64. The third-order valence-corrected chi connectivity index (χ3v) is 2.77. The fourth-order valence-corrected chi connectivity index (χ4v) is 1.87. The van der Waals surface area contributed by atoms with Gasteiger partial charge in [-0.1, -0.05) is 13.8 Å². The lowest BCUT2D eigenvalue weighted by molar-refractivity contribution is 0.267. The predicted molar refractivity (Wildman–Crippen MR) is 50.0 cm³/mol. The van der Waals surface area contributed by atoms with Crippen molar-refractivity contribution in [3.05, 3.63) is 0 Å². The van der Waals surface area contributed by atoms with E-state index in [0.717, 1.165) is 12.5 Å². The molecule has 0 aromatic rings. The average molecular weight is 167 g/mol. The molecule has 1 aliphatic carbocycles. The molecular formula is C9H17N3. The van der Waals surface area contributed by atoms with Gasteiger partial charge < -0.3 is 10.6 Å². The number of guanidine groups is 1. The normalized spacial score (nSPS) is 29.8. The number of hydrogen-bond donors (Lipinski definition) is 1. The van der Waals surface area contributed by atoms with E-state index in [9.17, 15) is 0 Å². The Kier molecular flexibility index (Phi) is 1.74. The molecule has 0 spiro atoms. The molecule has 1 heterocycles. The standard InChI is InChI=1S/C9H17N3/c1-6(2)8-5-11-9(10)12(8)7-3-4-7/h6-8H,3-5H2,1-2H3,(H2,10,11). The highest BCUT2D eigenvalue weighted by atomic mass is 15.4. The van der Waals surface area contributed by atoms with E-state index in [2.05, 4.69) is 23.7 Å². The molecule has 1 unspecified atom stereocenters. The van der Waals surface area contributed by atoms with Crippen molar-refractivity contribution in [3.8, 4) is 0 Å². The summed E-state index contributed by atoms with van der Waals surface area (Å²) in [6.07, 6.45) is 2.61. The highest BCUT2D eigenvalue weighted by Gasteiger charge is 2.39. The molecule has 2 rings (SSSR count). The number of aliphatic imine (C=N–C) groups is 1. The van der Waals surface area contributed by atoms with Crippen molar-refractivity contribution in [2.45, 2.75) is 38.8 Å². The zero-order chi connectivity index (χ0) is 8.72. The summed E-state index contributed by atoms with van der Waals surface area (Å²) in [5.41, 5.74) is 5.82. The van der Waals surface area contributed by atoms with E-state index in [1.807, 2.05) is 0 Å². The zero-order valence-corrected chi connectivity index (χ0v) is 7.83. The van der Waals surface area contributed by atoms with Gasteiger partial charge in [0.15, 0.2) is 5.96 Å². The predicted octanol–water partition coefficient (Wildman–Crippen LogP) is 0.804. The van der Waals surface area contributed by atoms with Crippen molar-refractivity contribution in [2.75, 3.05) is 6.54 Å². The molecule has 0 bridgehead atoms. The molecular weight excluding hydrogens is 150 g/mol. The Bertz CT molecular complexity index is 206. The summed E-state index contributed by atoms with van der Waals surface area (Å²) in [6, 6.07) is 1.28. The molecule has 3 nitrogen and oxygen atoms in total. The lowest BCUT2D eigenvalue weighted by Crippen LogP contribution is -2.44. The van der Waals surface area contributed by atoms with Crippen LogP contribution in [0.5, 0.6) is 0 Å². The Morgan fingerprint density at radius 1 is 1.50 bits per heavy atom. The first kappa shape index (κ1) is 7.90. The van der Waals surface area contributed by atoms with Gasteiger partial charge in [-0.25, -0.2) is 0 Å². The van der Waals surface area contributed by atoms with Gasteiger partial charge in [0.05, 0.1) is 12.6 Å². The van der Waals surface area contributed by atoms with E-state index in [-0.39, 0.29) is 0 Å². The summed E-state index contributed by atoms with van der Waals surface area (Å²) < 4.78 is 0. The smallest absolute Gasteiger partial charge is 0.191 e. The molecule has 2 N–H and O–H groups in total. The fraction of sp³-hybridized carbons (Fsp3) is 0.889. The van der Waals surface area contributed by atoms with E-state index in [0.29, 0.717) is 18.0 Å². The monoisotopic (exact) mass is 167 g/mol. The van der Waals surface area contributed by atoms with Crippen LogP contribution < -0.4 is 5.73 Å². The Morgan fingerprint density at radius 2 is 2.17 bits per heavy atom. The SMILES string of the molecule is CC(C)C1CN=C(N)N1C1CC1. The van der Waals surface area contributed by atoms with Crippen molar-refractivity contribution < 1.29 is 0 Å². The maximum Gasteiger partial charge on any atom is 0.191 e. The summed E-state index contributed by atoms with van der Waals surface area (Å²) in [4.78, 5) is 6.63. The summed E-state index contributed by atoms with van der Waals surface area (Å²) in [5, 5.41) is 0. The molecule has 0 aromatic carbocycles. The molecule has 1 saturated carbocycles. The third-order valence-electron chi connectivity index (χ3n) is 2.77. The maximum atomic E-state index is 5.82. The van der Waals surface area contributed by atoms with Gasteiger partial charge in [0, 0.05) is 6.04 Å². The Hall–Kier alpha value is -0.730. The van der Waals surface area contributed by atoms with Gasteiger partial charge in [0.25, 0.3) is 0 Å². The molecule has 1 aliphatic heterocycles. The lowest BCUT2D eigenvalue weighted by atomic mass is 10.0. The van der Waals surface area contributed by atoms with E-state index < -0.39 is 0 Å². The molecule has 0 amide bonds. The second-order valence-corrected chi connectivity index (χ2v) is 4.15. The first-order valence-corrected chi connectivity index (χ1v) is 4.78. The highest BCUT2D eigenvalue weighted by molar-refractivity contribution is 5.80. The van der Waals surface area contributed by atoms with Gasteiger partial charge in [0.1, 0.15) is 0 Å². The van der Waals surface area contributed by atoms with Gasteiger partial charge in [0.2, 0.25) is 0 Å². The number of nitrogens with two attached hydrogens (primary N) is 1. The largest absolute Gasteiger partial charge is 0.370 e. The van der Waals surface area contributed by atoms with Crippen molar-refractivity contribution in [1.29, 1.82) is 0 Å². The van der Waals surface area contributed by atoms with Gasteiger partial charge >= 0.3 is 0 Å². The van der Waals surface area contributed by atoms with Crippen LogP contribution in [0.2, 0.25) is 0 Å². The molecule has 1 atom stereocenters. The van der Waals surface area contributed by atoms with Crippen LogP contribution in [-0.2, 0) is 0 Å². The second-order valence-electron chi connectivity index (χ2n) is 4.15. The molecule has 0 saturated heterocycles. The van der Waals surface area contributed by atoms with Gasteiger partial charge in [-0.05, 0) is 18.8 Å². The minimum absolute atomic E-state index is 0.567. The van der Waals surface area contributed by atoms with Gasteiger partial charge in [-0.2, -0.15) is 0 Å². The van der Waals surface area contributed by atoms with E-state index >= 15 is 0 Å². The first-order chi connectivity index (χ1) is 5.70. The van der Waals surface area contributed by atoms with Gasteiger partial charge in [-0.3, -0.25) is 4.99 Å². The van der Waals surface area contributed by atoms with Crippen molar-refractivity contribution in [3.63, 3.8) is 0 Å². The molecule has 2 aliphatic rings. The van der Waals surface area contributed by atoms with Crippen molar-refractivity contribution in [1.82, 2.24) is 4.90 Å². The summed E-state index contributed by atoms with van der Waals surface area (Å²) in [6.45, 7) is 5.39. The first-order valence-electron chi connectivity index (χ1n) is 4.78. The van der Waals surface area contributed by atoms with Crippen molar-refractivity contribution in [2.24, 2.45) is 16.6 Å².